The molecule has 1 aromatic heterocycles. The Balaban J connectivity index is 1.79. The second-order valence-electron chi connectivity index (χ2n) is 6.91. The molecule has 164 valence electrons. The SMILES string of the molecule is COc1ccc(C2=NN(C(=O)c3ccc(Br)o3)[C@@H](c3ccccc3[N+](=O)[O-])C2)cc1OC. The van der Waals surface area contributed by atoms with Crippen molar-refractivity contribution in [1.82, 2.24) is 5.01 Å². The van der Waals surface area contributed by atoms with Crippen molar-refractivity contribution in [1.29, 1.82) is 0 Å². The Labute approximate surface area is 191 Å². The molecule has 3 aromatic rings. The number of amides is 1. The van der Waals surface area contributed by atoms with Crippen molar-refractivity contribution in [2.45, 2.75) is 12.5 Å². The highest BCUT2D eigenvalue weighted by molar-refractivity contribution is 9.10. The van der Waals surface area contributed by atoms with E-state index >= 15 is 0 Å². The molecule has 0 N–H and O–H groups in total. The number of nitro benzene ring substituents is 1. The molecule has 1 aliphatic heterocycles. The summed E-state index contributed by atoms with van der Waals surface area (Å²) in [5, 5.41) is 17.4. The Hall–Kier alpha value is -3.66. The van der Waals surface area contributed by atoms with Crippen LogP contribution in [0, 0.1) is 10.1 Å². The third kappa shape index (κ3) is 3.96. The standard InChI is InChI=1S/C22H18BrN3O6/c1-30-18-8-7-13(11-20(18)31-2)15-12-17(14-5-3-4-6-16(14)26(28)29)25(24-15)22(27)19-9-10-21(23)32-19/h3-11,17H,12H2,1-2H3/t17-/m1/s1. The molecular weight excluding hydrogens is 482 g/mol. The van der Waals surface area contributed by atoms with Gasteiger partial charge < -0.3 is 13.9 Å². The number of para-hydroxylation sites is 1. The quantitative estimate of drug-likeness (QED) is 0.350. The number of methoxy groups -OCH3 is 2. The number of nitrogens with zero attached hydrogens (tertiary/aromatic N) is 3. The summed E-state index contributed by atoms with van der Waals surface area (Å²) < 4.78 is 16.5. The van der Waals surface area contributed by atoms with Crippen LogP contribution < -0.4 is 9.47 Å². The van der Waals surface area contributed by atoms with Crippen LogP contribution in [0.2, 0.25) is 0 Å². The van der Waals surface area contributed by atoms with Crippen molar-refractivity contribution in [2.75, 3.05) is 14.2 Å². The zero-order chi connectivity index (χ0) is 22.8. The molecule has 0 bridgehead atoms. The van der Waals surface area contributed by atoms with Gasteiger partial charge in [-0.25, -0.2) is 5.01 Å². The minimum Gasteiger partial charge on any atom is -0.493 e. The molecule has 32 heavy (non-hydrogen) atoms. The van der Waals surface area contributed by atoms with Crippen LogP contribution in [0.1, 0.15) is 34.1 Å². The van der Waals surface area contributed by atoms with Gasteiger partial charge in [-0.2, -0.15) is 5.10 Å². The number of hydrogen-bond donors (Lipinski definition) is 0. The van der Waals surface area contributed by atoms with E-state index in [4.69, 9.17) is 13.9 Å². The average Bonchev–Trinajstić information content (AvgIpc) is 3.45. The first-order chi connectivity index (χ1) is 15.4. The molecular formula is C22H18BrN3O6. The van der Waals surface area contributed by atoms with Gasteiger partial charge in [0.2, 0.25) is 0 Å². The normalized spacial score (nSPS) is 15.4. The predicted octanol–water partition coefficient (Wildman–Crippen LogP) is 4.96. The van der Waals surface area contributed by atoms with Gasteiger partial charge in [-0.1, -0.05) is 12.1 Å². The Morgan fingerprint density at radius 3 is 2.56 bits per heavy atom. The summed E-state index contributed by atoms with van der Waals surface area (Å²) in [4.78, 5) is 24.4. The van der Waals surface area contributed by atoms with Crippen LogP contribution in [0.25, 0.3) is 0 Å². The molecule has 0 saturated heterocycles. The molecule has 0 unspecified atom stereocenters. The van der Waals surface area contributed by atoms with E-state index < -0.39 is 16.9 Å². The highest BCUT2D eigenvalue weighted by Gasteiger charge is 2.38. The maximum absolute atomic E-state index is 13.2. The van der Waals surface area contributed by atoms with Crippen molar-refractivity contribution in [3.63, 3.8) is 0 Å². The fourth-order valence-electron chi connectivity index (χ4n) is 3.61. The van der Waals surface area contributed by atoms with Crippen molar-refractivity contribution in [3.05, 3.63) is 86.3 Å². The van der Waals surface area contributed by atoms with E-state index in [1.54, 1.807) is 42.5 Å². The molecule has 9 nitrogen and oxygen atoms in total. The lowest BCUT2D eigenvalue weighted by Crippen LogP contribution is -2.27. The summed E-state index contributed by atoms with van der Waals surface area (Å²) in [5.74, 6) is 0.625. The molecule has 1 aliphatic rings. The number of hydrogen-bond acceptors (Lipinski definition) is 7. The van der Waals surface area contributed by atoms with Gasteiger partial charge >= 0.3 is 5.91 Å². The number of carbonyl (C=O) groups excluding carboxylic acids is 1. The first-order valence-corrected chi connectivity index (χ1v) is 10.3. The maximum Gasteiger partial charge on any atom is 0.310 e. The van der Waals surface area contributed by atoms with Gasteiger partial charge in [0.05, 0.1) is 36.5 Å². The lowest BCUT2D eigenvalue weighted by molar-refractivity contribution is -0.385. The van der Waals surface area contributed by atoms with Gasteiger partial charge in [-0.3, -0.25) is 14.9 Å². The summed E-state index contributed by atoms with van der Waals surface area (Å²) in [5.41, 5.74) is 1.59. The molecule has 1 amide bonds. The molecule has 0 radical (unpaired) electrons. The van der Waals surface area contributed by atoms with E-state index in [9.17, 15) is 14.9 Å². The third-order valence-electron chi connectivity index (χ3n) is 5.11. The summed E-state index contributed by atoms with van der Waals surface area (Å²) in [6, 6.07) is 14.1. The van der Waals surface area contributed by atoms with Crippen LogP contribution in [0.4, 0.5) is 5.69 Å². The van der Waals surface area contributed by atoms with Crippen LogP contribution >= 0.6 is 15.9 Å². The van der Waals surface area contributed by atoms with E-state index in [2.05, 4.69) is 21.0 Å². The largest absolute Gasteiger partial charge is 0.493 e. The highest BCUT2D eigenvalue weighted by atomic mass is 79.9. The van der Waals surface area contributed by atoms with E-state index in [0.717, 1.165) is 0 Å². The molecule has 10 heteroatoms. The second kappa shape index (κ2) is 8.83. The minimum absolute atomic E-state index is 0.0674. The van der Waals surface area contributed by atoms with Crippen molar-refractivity contribution in [3.8, 4) is 11.5 Å². The van der Waals surface area contributed by atoms with Crippen LogP contribution in [0.3, 0.4) is 0 Å². The smallest absolute Gasteiger partial charge is 0.310 e. The van der Waals surface area contributed by atoms with Gasteiger partial charge in [0.1, 0.15) is 0 Å². The number of hydrazone groups is 1. The first kappa shape index (κ1) is 21.6. The summed E-state index contributed by atoms with van der Waals surface area (Å²) in [6.45, 7) is 0. The molecule has 0 saturated carbocycles. The fourth-order valence-corrected chi connectivity index (χ4v) is 3.91. The Morgan fingerprint density at radius 1 is 1.16 bits per heavy atom. The van der Waals surface area contributed by atoms with Crippen LogP contribution in [0.5, 0.6) is 11.5 Å². The van der Waals surface area contributed by atoms with Crippen molar-refractivity contribution >= 4 is 33.2 Å². The molecule has 2 heterocycles. The molecule has 1 atom stereocenters. The summed E-state index contributed by atoms with van der Waals surface area (Å²) in [6.07, 6.45) is 0.272. The predicted molar refractivity (Wildman–Crippen MR) is 119 cm³/mol. The fraction of sp³-hybridized carbons (Fsp3) is 0.182. The molecule has 0 aliphatic carbocycles. The lowest BCUT2D eigenvalue weighted by atomic mass is 9.97. The number of rotatable bonds is 6. The van der Waals surface area contributed by atoms with Gasteiger partial charge in [0.25, 0.3) is 5.69 Å². The Kier molecular flexibility index (Phi) is 5.95. The van der Waals surface area contributed by atoms with E-state index in [0.29, 0.717) is 33.0 Å². The zero-order valence-corrected chi connectivity index (χ0v) is 18.7. The molecule has 2 aromatic carbocycles. The van der Waals surface area contributed by atoms with Crippen LogP contribution in [-0.4, -0.2) is 35.8 Å². The number of benzene rings is 2. The van der Waals surface area contributed by atoms with E-state index in [1.165, 1.54) is 31.4 Å². The molecule has 0 fully saturated rings. The van der Waals surface area contributed by atoms with Crippen molar-refractivity contribution < 1.29 is 23.6 Å². The summed E-state index contributed by atoms with van der Waals surface area (Å²) in [7, 11) is 3.07. The van der Waals surface area contributed by atoms with Gasteiger partial charge in [0.15, 0.2) is 21.9 Å². The van der Waals surface area contributed by atoms with E-state index in [-0.39, 0.29) is 17.9 Å². The highest BCUT2D eigenvalue weighted by Crippen LogP contribution is 2.39. The monoisotopic (exact) mass is 499 g/mol. The van der Waals surface area contributed by atoms with Gasteiger partial charge in [-0.15, -0.1) is 0 Å². The molecule has 0 spiro atoms. The number of nitro groups is 1. The molecule has 4 rings (SSSR count). The lowest BCUT2D eigenvalue weighted by Gasteiger charge is -2.20. The first-order valence-electron chi connectivity index (χ1n) is 9.55. The zero-order valence-electron chi connectivity index (χ0n) is 17.1. The van der Waals surface area contributed by atoms with Crippen molar-refractivity contribution in [2.24, 2.45) is 5.10 Å². The number of carbonyl (C=O) groups is 1. The maximum atomic E-state index is 13.2. The second-order valence-corrected chi connectivity index (χ2v) is 7.69. The number of ether oxygens (including phenoxy) is 2. The number of halogens is 1. The van der Waals surface area contributed by atoms with Crippen LogP contribution in [0.15, 0.2) is 68.8 Å². The van der Waals surface area contributed by atoms with Gasteiger partial charge in [0, 0.05) is 18.1 Å². The van der Waals surface area contributed by atoms with Crippen LogP contribution in [-0.2, 0) is 0 Å². The number of furan rings is 1. The topological polar surface area (TPSA) is 107 Å². The van der Waals surface area contributed by atoms with E-state index in [1.807, 2.05) is 0 Å². The Morgan fingerprint density at radius 2 is 1.91 bits per heavy atom. The minimum atomic E-state index is -0.684. The summed E-state index contributed by atoms with van der Waals surface area (Å²) >= 11 is 3.19. The average molecular weight is 500 g/mol. The third-order valence-corrected chi connectivity index (χ3v) is 5.54. The van der Waals surface area contributed by atoms with Gasteiger partial charge in [-0.05, 0) is 52.3 Å². The Bertz CT molecular complexity index is 1220.